The van der Waals surface area contributed by atoms with Gasteiger partial charge in [0.05, 0.1) is 32.8 Å². The van der Waals surface area contributed by atoms with Gasteiger partial charge in [0.1, 0.15) is 15.8 Å². The number of thiazole rings is 2. The number of ether oxygens (including phenoxy) is 1. The molecule has 1 saturated heterocycles. The van der Waals surface area contributed by atoms with Crippen molar-refractivity contribution in [1.82, 2.24) is 24.8 Å². The number of aromatic amines is 1. The average Bonchev–Trinajstić information content (AvgIpc) is 3.53. The highest BCUT2D eigenvalue weighted by atomic mass is 32.1. The van der Waals surface area contributed by atoms with E-state index in [0.717, 1.165) is 59.7 Å². The molecule has 1 atom stereocenters. The molecule has 2 aliphatic rings. The van der Waals surface area contributed by atoms with E-state index in [2.05, 4.69) is 36.9 Å². The predicted octanol–water partition coefficient (Wildman–Crippen LogP) is 3.39. The first-order chi connectivity index (χ1) is 15.7. The summed E-state index contributed by atoms with van der Waals surface area (Å²) in [5.41, 5.74) is 3.58. The molecule has 7 nitrogen and oxygen atoms in total. The summed E-state index contributed by atoms with van der Waals surface area (Å²) in [6.45, 7) is 4.56. The van der Waals surface area contributed by atoms with Crippen molar-refractivity contribution in [1.29, 1.82) is 0 Å². The van der Waals surface area contributed by atoms with Gasteiger partial charge < -0.3 is 14.8 Å². The van der Waals surface area contributed by atoms with Crippen molar-refractivity contribution in [2.24, 2.45) is 0 Å². The Hall–Kier alpha value is -2.30. The number of aliphatic hydroxyl groups is 1. The number of hydrogen-bond donors (Lipinski definition) is 2. The van der Waals surface area contributed by atoms with Crippen LogP contribution in [0.5, 0.6) is 5.75 Å². The van der Waals surface area contributed by atoms with E-state index in [1.807, 2.05) is 29.2 Å². The lowest BCUT2D eigenvalue weighted by molar-refractivity contribution is -0.0119. The predicted molar refractivity (Wildman–Crippen MR) is 126 cm³/mol. The van der Waals surface area contributed by atoms with Gasteiger partial charge in [-0.3, -0.25) is 9.80 Å². The van der Waals surface area contributed by atoms with Gasteiger partial charge in [0, 0.05) is 70.9 Å². The zero-order valence-electron chi connectivity index (χ0n) is 17.8. The number of aromatic nitrogens is 3. The molecule has 2 N–H and O–H groups in total. The van der Waals surface area contributed by atoms with E-state index >= 15 is 0 Å². The molecule has 0 bridgehead atoms. The maximum absolute atomic E-state index is 10.4. The Bertz CT molecular complexity index is 1210. The van der Waals surface area contributed by atoms with Crippen LogP contribution in [-0.4, -0.2) is 63.2 Å². The van der Waals surface area contributed by atoms with Crippen LogP contribution in [0.4, 0.5) is 0 Å². The van der Waals surface area contributed by atoms with Gasteiger partial charge in [-0.15, -0.1) is 22.7 Å². The Morgan fingerprint density at radius 1 is 1.12 bits per heavy atom. The highest BCUT2D eigenvalue weighted by molar-refractivity contribution is 7.09. The highest BCUT2D eigenvalue weighted by Gasteiger charge is 2.52. The summed E-state index contributed by atoms with van der Waals surface area (Å²) in [4.78, 5) is 17.5. The molecule has 0 amide bonds. The van der Waals surface area contributed by atoms with Crippen molar-refractivity contribution in [3.05, 3.63) is 62.6 Å². The molecule has 9 heteroatoms. The third-order valence-corrected chi connectivity index (χ3v) is 8.26. The average molecular weight is 468 g/mol. The topological polar surface area (TPSA) is 77.5 Å². The van der Waals surface area contributed by atoms with Crippen LogP contribution in [0.2, 0.25) is 0 Å². The number of fused-ring (bicyclic) bond motifs is 4. The molecule has 32 heavy (non-hydrogen) atoms. The molecule has 0 aliphatic carbocycles. The van der Waals surface area contributed by atoms with Crippen molar-refractivity contribution in [2.45, 2.75) is 24.5 Å². The second-order valence-corrected chi connectivity index (χ2v) is 10.7. The van der Waals surface area contributed by atoms with Gasteiger partial charge in [-0.2, -0.15) is 0 Å². The fourth-order valence-electron chi connectivity index (χ4n) is 5.49. The molecule has 0 unspecified atom stereocenters. The maximum atomic E-state index is 10.4. The van der Waals surface area contributed by atoms with Gasteiger partial charge >= 0.3 is 0 Å². The molecule has 1 fully saturated rings. The molecule has 3 aromatic heterocycles. The summed E-state index contributed by atoms with van der Waals surface area (Å²) in [5, 5.41) is 18.0. The zero-order valence-corrected chi connectivity index (χ0v) is 19.5. The van der Waals surface area contributed by atoms with E-state index < -0.39 is 0 Å². The molecule has 6 rings (SSSR count). The van der Waals surface area contributed by atoms with Crippen LogP contribution in [0.1, 0.15) is 27.3 Å². The highest BCUT2D eigenvalue weighted by Crippen LogP contribution is 2.49. The summed E-state index contributed by atoms with van der Waals surface area (Å²) < 4.78 is 5.47. The van der Waals surface area contributed by atoms with Crippen LogP contribution in [0.25, 0.3) is 10.9 Å². The molecule has 4 aromatic rings. The van der Waals surface area contributed by atoms with E-state index in [1.54, 1.807) is 29.8 Å². The summed E-state index contributed by atoms with van der Waals surface area (Å²) in [6, 6.07) is 6.18. The zero-order chi connectivity index (χ0) is 21.7. The molecule has 2 aliphatic heterocycles. The molecule has 5 heterocycles. The molecular formula is C23H25N5O2S2. The second-order valence-electron chi connectivity index (χ2n) is 8.71. The van der Waals surface area contributed by atoms with E-state index in [9.17, 15) is 5.11 Å². The normalized spacial score (nSPS) is 20.5. The van der Waals surface area contributed by atoms with E-state index in [0.29, 0.717) is 0 Å². The first-order valence-corrected chi connectivity index (χ1v) is 12.5. The van der Waals surface area contributed by atoms with Gasteiger partial charge in [0.2, 0.25) is 0 Å². The number of nitrogens with one attached hydrogen (secondary N) is 1. The third-order valence-electron chi connectivity index (χ3n) is 6.73. The van der Waals surface area contributed by atoms with Gasteiger partial charge in [-0.25, -0.2) is 9.97 Å². The summed E-state index contributed by atoms with van der Waals surface area (Å²) >= 11 is 3.38. The number of H-pyrrole nitrogens is 1. The lowest BCUT2D eigenvalue weighted by atomic mass is 9.68. The number of benzene rings is 1. The fourth-order valence-corrected chi connectivity index (χ4v) is 6.78. The standard InChI is InChI=1S/C23H25N5O2S2/c1-30-15-2-3-16-17(8-15)26-22-18(11-29)28(10-20-25-5-7-32-20)14-23(21(16)22)12-27(13-23)9-19-24-4-6-31-19/h2-8,18,26,29H,9-14H2,1H3/t18-/m0/s1. The van der Waals surface area contributed by atoms with Gasteiger partial charge in [-0.05, 0) is 17.7 Å². The molecule has 166 valence electrons. The Labute approximate surface area is 194 Å². The SMILES string of the molecule is COc1ccc2c3c([nH]c2c1)[C@H](CO)N(Cc1nccs1)CC31CN(Cc2nccs2)C1. The van der Waals surface area contributed by atoms with Crippen LogP contribution in [0, 0.1) is 0 Å². The largest absolute Gasteiger partial charge is 0.497 e. The van der Waals surface area contributed by atoms with Crippen molar-refractivity contribution in [3.63, 3.8) is 0 Å². The van der Waals surface area contributed by atoms with E-state index in [4.69, 9.17) is 4.74 Å². The molecule has 0 radical (unpaired) electrons. The van der Waals surface area contributed by atoms with Gasteiger partial charge in [-0.1, -0.05) is 0 Å². The number of hydrogen-bond acceptors (Lipinski definition) is 8. The molecular weight excluding hydrogens is 442 g/mol. The summed E-state index contributed by atoms with van der Waals surface area (Å²) in [7, 11) is 1.69. The Balaban J connectivity index is 1.41. The lowest BCUT2D eigenvalue weighted by Crippen LogP contribution is -2.65. The van der Waals surface area contributed by atoms with Crippen LogP contribution in [0.3, 0.4) is 0 Å². The lowest BCUT2D eigenvalue weighted by Gasteiger charge is -2.56. The minimum Gasteiger partial charge on any atom is -0.497 e. The molecule has 0 saturated carbocycles. The van der Waals surface area contributed by atoms with Crippen LogP contribution >= 0.6 is 22.7 Å². The van der Waals surface area contributed by atoms with Crippen LogP contribution in [0.15, 0.2) is 41.4 Å². The van der Waals surface area contributed by atoms with E-state index in [-0.39, 0.29) is 18.1 Å². The fraction of sp³-hybridized carbons (Fsp3) is 0.391. The number of methoxy groups -OCH3 is 1. The quantitative estimate of drug-likeness (QED) is 0.453. The maximum Gasteiger partial charge on any atom is 0.120 e. The van der Waals surface area contributed by atoms with Gasteiger partial charge in [0.15, 0.2) is 0 Å². The van der Waals surface area contributed by atoms with Crippen LogP contribution < -0.4 is 4.74 Å². The van der Waals surface area contributed by atoms with Crippen molar-refractivity contribution in [3.8, 4) is 5.75 Å². The molecule has 1 aromatic carbocycles. The van der Waals surface area contributed by atoms with Gasteiger partial charge in [0.25, 0.3) is 0 Å². The number of likely N-dealkylation sites (tertiary alicyclic amines) is 1. The third kappa shape index (κ3) is 3.27. The first kappa shape index (κ1) is 20.3. The summed E-state index contributed by atoms with van der Waals surface area (Å²) in [6.07, 6.45) is 3.73. The van der Waals surface area contributed by atoms with E-state index in [1.165, 1.54) is 10.9 Å². The minimum atomic E-state index is -0.0778. The Morgan fingerprint density at radius 2 is 1.88 bits per heavy atom. The number of nitrogens with zero attached hydrogens (tertiary/aromatic N) is 4. The first-order valence-electron chi connectivity index (χ1n) is 10.7. The minimum absolute atomic E-state index is 0.0162. The number of rotatable bonds is 6. The van der Waals surface area contributed by atoms with Crippen molar-refractivity contribution >= 4 is 33.6 Å². The smallest absolute Gasteiger partial charge is 0.120 e. The van der Waals surface area contributed by atoms with Crippen LogP contribution in [-0.2, 0) is 18.5 Å². The number of aliphatic hydroxyl groups excluding tert-OH is 1. The second kappa shape index (κ2) is 7.93. The monoisotopic (exact) mass is 467 g/mol. The van der Waals surface area contributed by atoms with Crippen molar-refractivity contribution in [2.75, 3.05) is 33.4 Å². The van der Waals surface area contributed by atoms with Crippen molar-refractivity contribution < 1.29 is 9.84 Å². The Kier molecular flexibility index (Phi) is 5.03. The molecule has 1 spiro atoms. The summed E-state index contributed by atoms with van der Waals surface area (Å²) in [5.74, 6) is 0.837. The Morgan fingerprint density at radius 3 is 2.53 bits per heavy atom.